The third-order valence-electron chi connectivity index (χ3n) is 4.40. The van der Waals surface area contributed by atoms with Gasteiger partial charge in [0.05, 0.1) is 16.8 Å². The molecule has 1 heterocycles. The number of aromatic carboxylic acids is 1. The van der Waals surface area contributed by atoms with Crippen LogP contribution in [0.25, 0.3) is 0 Å². The van der Waals surface area contributed by atoms with Crippen LogP contribution in [0.2, 0.25) is 5.02 Å². The van der Waals surface area contributed by atoms with Gasteiger partial charge in [0.2, 0.25) is 0 Å². The van der Waals surface area contributed by atoms with Crippen LogP contribution in [0.15, 0.2) is 41.6 Å². The number of carboxylic acid groups (broad SMARTS) is 1. The van der Waals surface area contributed by atoms with E-state index >= 15 is 0 Å². The summed E-state index contributed by atoms with van der Waals surface area (Å²) in [5.74, 6) is -1.64. The van der Waals surface area contributed by atoms with Gasteiger partial charge in [-0.1, -0.05) is 28.9 Å². The lowest BCUT2D eigenvalue weighted by atomic mass is 9.87. The Bertz CT molecular complexity index is 935. The van der Waals surface area contributed by atoms with Gasteiger partial charge in [0, 0.05) is 17.0 Å². The van der Waals surface area contributed by atoms with E-state index in [0.29, 0.717) is 10.7 Å². The van der Waals surface area contributed by atoms with E-state index in [1.54, 1.807) is 19.1 Å². The molecule has 2 aromatic carbocycles. The number of alkyl halides is 3. The number of rotatable bonds is 3. The first kappa shape index (κ1) is 19.2. The Balaban J connectivity index is 1.96. The van der Waals surface area contributed by atoms with E-state index in [1.807, 2.05) is 13.0 Å². The summed E-state index contributed by atoms with van der Waals surface area (Å²) < 4.78 is 39.7. The molecule has 1 N–H and O–H groups in total. The zero-order valence-electron chi connectivity index (χ0n) is 14.4. The van der Waals surface area contributed by atoms with Gasteiger partial charge in [-0.3, -0.25) is 0 Å². The Morgan fingerprint density at radius 2 is 1.96 bits per heavy atom. The summed E-state index contributed by atoms with van der Waals surface area (Å²) in [7, 11) is 0. The van der Waals surface area contributed by atoms with E-state index in [-0.39, 0.29) is 12.0 Å². The molecule has 27 heavy (non-hydrogen) atoms. The van der Waals surface area contributed by atoms with Gasteiger partial charge in [-0.15, -0.1) is 0 Å². The summed E-state index contributed by atoms with van der Waals surface area (Å²) in [6.07, 6.45) is -4.58. The monoisotopic (exact) mass is 397 g/mol. The number of carbonyl (C=O) groups is 1. The number of oxime groups is 1. The molecule has 1 aliphatic rings. The van der Waals surface area contributed by atoms with Gasteiger partial charge in [-0.2, -0.15) is 13.2 Å². The van der Waals surface area contributed by atoms with Gasteiger partial charge < -0.3 is 9.94 Å². The van der Waals surface area contributed by atoms with E-state index in [0.717, 1.165) is 23.3 Å². The summed E-state index contributed by atoms with van der Waals surface area (Å²) in [5, 5.41) is 13.5. The maximum atomic E-state index is 13.2. The molecule has 0 bridgehead atoms. The molecule has 1 unspecified atom stereocenters. The third kappa shape index (κ3) is 3.78. The average Bonchev–Trinajstić information content (AvgIpc) is 2.96. The normalized spacial score (nSPS) is 19.6. The lowest BCUT2D eigenvalue weighted by Crippen LogP contribution is -2.22. The number of benzene rings is 2. The minimum atomic E-state index is -4.79. The van der Waals surface area contributed by atoms with Gasteiger partial charge >= 0.3 is 12.1 Å². The number of nitrogens with zero attached hydrogens (tertiary/aromatic N) is 1. The second kappa shape index (κ2) is 6.56. The maximum Gasteiger partial charge on any atom is 0.417 e. The molecule has 142 valence electrons. The second-order valence-corrected chi connectivity index (χ2v) is 7.05. The number of halogens is 4. The van der Waals surface area contributed by atoms with Crippen molar-refractivity contribution in [1.29, 1.82) is 0 Å². The van der Waals surface area contributed by atoms with Crippen LogP contribution in [0.5, 0.6) is 0 Å². The summed E-state index contributed by atoms with van der Waals surface area (Å²) in [6, 6.07) is 8.41. The molecule has 0 amide bonds. The van der Waals surface area contributed by atoms with Crippen molar-refractivity contribution < 1.29 is 27.9 Å². The molecule has 3 rings (SSSR count). The highest BCUT2D eigenvalue weighted by atomic mass is 35.5. The van der Waals surface area contributed by atoms with E-state index in [9.17, 15) is 18.0 Å². The number of hydrogen-bond acceptors (Lipinski definition) is 3. The fourth-order valence-corrected chi connectivity index (χ4v) is 3.33. The summed E-state index contributed by atoms with van der Waals surface area (Å²) in [5.41, 5.74) is -0.770. The minimum absolute atomic E-state index is 0.162. The average molecular weight is 398 g/mol. The van der Waals surface area contributed by atoms with Crippen molar-refractivity contribution in [2.75, 3.05) is 0 Å². The Kier molecular flexibility index (Phi) is 4.67. The second-order valence-electron chi connectivity index (χ2n) is 6.62. The molecule has 0 aliphatic carbocycles. The molecule has 0 saturated carbocycles. The highest BCUT2D eigenvalue weighted by Gasteiger charge is 2.39. The molecule has 0 fully saturated rings. The van der Waals surface area contributed by atoms with Gasteiger partial charge in [0.25, 0.3) is 0 Å². The summed E-state index contributed by atoms with van der Waals surface area (Å²) in [4.78, 5) is 16.6. The predicted molar refractivity (Wildman–Crippen MR) is 94.2 cm³/mol. The first-order chi connectivity index (χ1) is 12.5. The highest BCUT2D eigenvalue weighted by Crippen LogP contribution is 2.39. The minimum Gasteiger partial charge on any atom is -0.478 e. The van der Waals surface area contributed by atoms with Gasteiger partial charge in [0.1, 0.15) is 0 Å². The molecular formula is C19H15ClF3NO3. The Hall–Kier alpha value is -2.54. The zero-order valence-corrected chi connectivity index (χ0v) is 15.1. The van der Waals surface area contributed by atoms with Gasteiger partial charge in [-0.05, 0) is 49.2 Å². The highest BCUT2D eigenvalue weighted by molar-refractivity contribution is 6.30. The largest absolute Gasteiger partial charge is 0.478 e. The molecule has 1 atom stereocenters. The first-order valence-electron chi connectivity index (χ1n) is 7.97. The molecule has 8 heteroatoms. The van der Waals surface area contributed by atoms with E-state index in [1.165, 1.54) is 6.07 Å². The van der Waals surface area contributed by atoms with E-state index < -0.39 is 28.9 Å². The van der Waals surface area contributed by atoms with Crippen LogP contribution < -0.4 is 0 Å². The molecule has 0 saturated heterocycles. The van der Waals surface area contributed by atoms with Crippen LogP contribution in [-0.4, -0.2) is 16.8 Å². The fraction of sp³-hybridized carbons (Fsp3) is 0.263. The van der Waals surface area contributed by atoms with Crippen LogP contribution in [0.4, 0.5) is 13.2 Å². The number of hydrogen-bond donors (Lipinski definition) is 1. The molecule has 0 spiro atoms. The van der Waals surface area contributed by atoms with Gasteiger partial charge in [-0.25, -0.2) is 4.79 Å². The summed E-state index contributed by atoms with van der Waals surface area (Å²) >= 11 is 6.09. The van der Waals surface area contributed by atoms with Gasteiger partial charge in [0.15, 0.2) is 5.60 Å². The third-order valence-corrected chi connectivity index (χ3v) is 4.62. The molecule has 2 aromatic rings. The summed E-state index contributed by atoms with van der Waals surface area (Å²) in [6.45, 7) is 3.64. The lowest BCUT2D eigenvalue weighted by molar-refractivity contribution is -0.138. The molecular weight excluding hydrogens is 383 g/mol. The SMILES string of the molecule is Cc1cc(Cl)cc(C2(C)CC(c3ccc(C(=O)O)c(C(F)(F)F)c3)=NO2)c1. The van der Waals surface area contributed by atoms with Crippen molar-refractivity contribution in [3.8, 4) is 0 Å². The topological polar surface area (TPSA) is 58.9 Å². The van der Waals surface area contributed by atoms with Crippen molar-refractivity contribution in [3.63, 3.8) is 0 Å². The van der Waals surface area contributed by atoms with Crippen LogP contribution in [0.3, 0.4) is 0 Å². The Morgan fingerprint density at radius 3 is 2.56 bits per heavy atom. The predicted octanol–water partition coefficient (Wildman–Crippen LogP) is 5.41. The van der Waals surface area contributed by atoms with E-state index in [4.69, 9.17) is 21.5 Å². The first-order valence-corrected chi connectivity index (χ1v) is 8.35. The van der Waals surface area contributed by atoms with Crippen LogP contribution in [0, 0.1) is 6.92 Å². The smallest absolute Gasteiger partial charge is 0.417 e. The molecule has 4 nitrogen and oxygen atoms in total. The molecule has 1 aliphatic heterocycles. The maximum absolute atomic E-state index is 13.2. The van der Waals surface area contributed by atoms with Crippen LogP contribution in [-0.2, 0) is 16.6 Å². The van der Waals surface area contributed by atoms with Crippen molar-refractivity contribution in [2.24, 2.45) is 5.16 Å². The molecule has 0 aromatic heterocycles. The number of aryl methyl sites for hydroxylation is 1. The zero-order chi connectivity index (χ0) is 20.0. The van der Waals surface area contributed by atoms with Crippen molar-refractivity contribution in [3.05, 3.63) is 69.2 Å². The van der Waals surface area contributed by atoms with Crippen molar-refractivity contribution in [1.82, 2.24) is 0 Å². The van der Waals surface area contributed by atoms with Crippen molar-refractivity contribution in [2.45, 2.75) is 32.0 Å². The van der Waals surface area contributed by atoms with Crippen LogP contribution >= 0.6 is 11.6 Å². The quantitative estimate of drug-likeness (QED) is 0.753. The fourth-order valence-electron chi connectivity index (χ4n) is 3.04. The molecule has 0 radical (unpaired) electrons. The number of carboxylic acids is 1. The Morgan fingerprint density at radius 1 is 1.26 bits per heavy atom. The standard InChI is InChI=1S/C19H15ClF3NO3/c1-10-5-12(8-13(20)6-10)18(2)9-16(24-27-18)11-3-4-14(17(25)26)15(7-11)19(21,22)23/h3-8H,9H2,1-2H3,(H,25,26). The Labute approximate surface area is 158 Å². The van der Waals surface area contributed by atoms with Crippen LogP contribution in [0.1, 0.15) is 46.0 Å². The van der Waals surface area contributed by atoms with Crippen molar-refractivity contribution >= 4 is 23.3 Å². The van der Waals surface area contributed by atoms with E-state index in [2.05, 4.69) is 5.16 Å². The lowest BCUT2D eigenvalue weighted by Gasteiger charge is -2.22.